The Hall–Kier alpha value is 0.362. The van der Waals surface area contributed by atoms with Crippen molar-refractivity contribution < 1.29 is 17.5 Å². The molecule has 0 atom stereocenters. The Morgan fingerprint density at radius 2 is 1.14 bits per heavy atom. The van der Waals surface area contributed by atoms with Crippen LogP contribution in [-0.4, -0.2) is 34.9 Å². The number of rotatable bonds is 0. The Morgan fingerprint density at radius 1 is 1.14 bits per heavy atom. The maximum atomic E-state index is 8.74. The van der Waals surface area contributed by atoms with E-state index in [4.69, 9.17) is 17.5 Å². The van der Waals surface area contributed by atoms with Crippen molar-refractivity contribution in [2.24, 2.45) is 0 Å². The van der Waals surface area contributed by atoms with Gasteiger partial charge in [-0.2, -0.15) is 8.42 Å². The van der Waals surface area contributed by atoms with Gasteiger partial charge in [-0.3, -0.25) is 9.11 Å². The van der Waals surface area contributed by atoms with E-state index in [1.807, 2.05) is 0 Å². The van der Waals surface area contributed by atoms with Crippen molar-refractivity contribution in [1.82, 2.24) is 6.15 Å². The molecule has 0 aromatic carbocycles. The van der Waals surface area contributed by atoms with Gasteiger partial charge in [0.1, 0.15) is 0 Å². The second-order valence-electron chi connectivity index (χ2n) is 0.448. The summed E-state index contributed by atoms with van der Waals surface area (Å²) in [5.41, 5.74) is 0. The lowest BCUT2D eigenvalue weighted by atomic mass is 14.0. The van der Waals surface area contributed by atoms with Crippen LogP contribution in [0.5, 0.6) is 0 Å². The second-order valence-corrected chi connectivity index (χ2v) is 1.34. The summed E-state index contributed by atoms with van der Waals surface area (Å²) in [6.45, 7) is 0. The third kappa shape index (κ3) is 922. The van der Waals surface area contributed by atoms with E-state index in [0.717, 1.165) is 0 Å². The van der Waals surface area contributed by atoms with Crippen molar-refractivity contribution in [3.8, 4) is 0 Å². The predicted octanol–water partition coefficient (Wildman–Crippen LogP) is -0.872. The minimum Gasteiger partial charge on any atom is -0.344 e. The van der Waals surface area contributed by atoms with E-state index >= 15 is 0 Å². The van der Waals surface area contributed by atoms with Crippen LogP contribution < -0.4 is 6.15 Å². The van der Waals surface area contributed by atoms with Crippen molar-refractivity contribution in [3.63, 3.8) is 0 Å². The van der Waals surface area contributed by atoms with Gasteiger partial charge in [-0.25, -0.2) is 0 Å². The van der Waals surface area contributed by atoms with Crippen molar-refractivity contribution in [1.29, 1.82) is 0 Å². The van der Waals surface area contributed by atoms with Crippen LogP contribution in [0, 0.1) is 0 Å². The molecule has 3 radical (unpaired) electrons. The maximum absolute atomic E-state index is 8.74. The smallest absolute Gasteiger partial charge is 0.344 e. The van der Waals surface area contributed by atoms with Crippen molar-refractivity contribution in [2.45, 2.75) is 0 Å². The summed E-state index contributed by atoms with van der Waals surface area (Å²) < 4.78 is 31.6. The van der Waals surface area contributed by atoms with E-state index in [1.165, 1.54) is 0 Å². The highest BCUT2D eigenvalue weighted by molar-refractivity contribution is 7.79. The second kappa shape index (κ2) is 4.52. The van der Waals surface area contributed by atoms with Crippen LogP contribution in [0.4, 0.5) is 0 Å². The van der Waals surface area contributed by atoms with Crippen LogP contribution in [0.3, 0.4) is 0 Å². The summed E-state index contributed by atoms with van der Waals surface area (Å²) in [5.74, 6) is 0. The fourth-order valence-corrected chi connectivity index (χ4v) is 0. The molecule has 0 aliphatic carbocycles. The average Bonchev–Trinajstić information content (AvgIpc) is 0.722. The molecule has 0 aromatic heterocycles. The lowest BCUT2D eigenvalue weighted by Gasteiger charge is -1.68. The lowest BCUT2D eigenvalue weighted by molar-refractivity contribution is 0.381. The highest BCUT2D eigenvalue weighted by Gasteiger charge is 1.84. The molecule has 0 fully saturated rings. The predicted molar refractivity (Wildman–Crippen MR) is 25.0 cm³/mol. The minimum absolute atomic E-state index is 0. The van der Waals surface area contributed by atoms with Gasteiger partial charge in [0.25, 0.3) is 0 Å². The van der Waals surface area contributed by atoms with Gasteiger partial charge in [-0.05, 0) is 0 Å². The molecule has 7 heteroatoms. The molecule has 5 nitrogen and oxygen atoms in total. The zero-order chi connectivity index (χ0) is 4.50. The molecule has 43 valence electrons. The molecule has 0 amide bonds. The molecule has 0 bridgehead atoms. The van der Waals surface area contributed by atoms with Gasteiger partial charge in [-0.15, -0.1) is 0 Å². The first-order valence-corrected chi connectivity index (χ1v) is 2.10. The Kier molecular flexibility index (Phi) is 10.1. The van der Waals surface area contributed by atoms with E-state index in [0.29, 0.717) is 0 Å². The van der Waals surface area contributed by atoms with Gasteiger partial charge in [0, 0.05) is 17.4 Å². The quantitative estimate of drug-likeness (QED) is 0.300. The summed E-state index contributed by atoms with van der Waals surface area (Å²) in [7, 11) is -4.67. The SMILES string of the molecule is N.O=S(=O)(O)O.[Al]. The first kappa shape index (κ1) is 15.7. The Morgan fingerprint density at radius 3 is 1.14 bits per heavy atom. The summed E-state index contributed by atoms with van der Waals surface area (Å²) in [6.07, 6.45) is 0. The Labute approximate surface area is 52.0 Å². The van der Waals surface area contributed by atoms with Gasteiger partial charge < -0.3 is 6.15 Å². The molecule has 0 heterocycles. The van der Waals surface area contributed by atoms with Crippen LogP contribution >= 0.6 is 0 Å². The maximum Gasteiger partial charge on any atom is 0.394 e. The fraction of sp³-hybridized carbons (Fsp3) is 0. The van der Waals surface area contributed by atoms with Gasteiger partial charge in [0.05, 0.1) is 0 Å². The van der Waals surface area contributed by atoms with Crippen molar-refractivity contribution in [3.05, 3.63) is 0 Å². The number of hydrogen-bond acceptors (Lipinski definition) is 3. The molecule has 5 N–H and O–H groups in total. The molecular formula is H5AlNO4S. The zero-order valence-electron chi connectivity index (χ0n) is 3.40. The summed E-state index contributed by atoms with van der Waals surface area (Å²) in [4.78, 5) is 0. The van der Waals surface area contributed by atoms with Crippen LogP contribution in [-0.2, 0) is 10.4 Å². The molecule has 0 saturated carbocycles. The summed E-state index contributed by atoms with van der Waals surface area (Å²) >= 11 is 0. The van der Waals surface area contributed by atoms with Gasteiger partial charge >= 0.3 is 10.4 Å². The zero-order valence-corrected chi connectivity index (χ0v) is 5.37. The Bertz CT molecular complexity index is 94.9. The topological polar surface area (TPSA) is 110 Å². The summed E-state index contributed by atoms with van der Waals surface area (Å²) in [5, 5.41) is 0. The van der Waals surface area contributed by atoms with E-state index in [1.54, 1.807) is 0 Å². The van der Waals surface area contributed by atoms with Crippen molar-refractivity contribution in [2.75, 3.05) is 0 Å². The molecule has 0 saturated heterocycles. The van der Waals surface area contributed by atoms with Crippen molar-refractivity contribution >= 4 is 27.8 Å². The molecule has 7 heavy (non-hydrogen) atoms. The molecule has 0 rings (SSSR count). The molecular weight excluding hydrogens is 137 g/mol. The van der Waals surface area contributed by atoms with Crippen LogP contribution in [0.15, 0.2) is 0 Å². The molecule has 0 aliphatic heterocycles. The molecule has 0 unspecified atom stereocenters. The summed E-state index contributed by atoms with van der Waals surface area (Å²) in [6, 6.07) is 0. The van der Waals surface area contributed by atoms with Gasteiger partial charge in [-0.1, -0.05) is 0 Å². The third-order valence-corrected chi connectivity index (χ3v) is 0. The fourth-order valence-electron chi connectivity index (χ4n) is 0. The van der Waals surface area contributed by atoms with E-state index in [9.17, 15) is 0 Å². The number of hydrogen-bond donors (Lipinski definition) is 3. The van der Waals surface area contributed by atoms with Crippen LogP contribution in [0.25, 0.3) is 0 Å². The Balaban J connectivity index is -0.0000000800. The normalized spacial score (nSPS) is 8.29. The van der Waals surface area contributed by atoms with Crippen LogP contribution in [0.2, 0.25) is 0 Å². The first-order chi connectivity index (χ1) is 2.00. The highest BCUT2D eigenvalue weighted by atomic mass is 32.3. The van der Waals surface area contributed by atoms with E-state index in [2.05, 4.69) is 0 Å². The van der Waals surface area contributed by atoms with E-state index < -0.39 is 10.4 Å². The highest BCUT2D eigenvalue weighted by Crippen LogP contribution is 1.59. The minimum atomic E-state index is -4.67. The molecule has 0 aliphatic rings. The standard InChI is InChI=1S/Al.H3N.H2O4S/c;;1-5(2,3)4/h;1H3;(H2,1,2,3,4). The van der Waals surface area contributed by atoms with Gasteiger partial charge in [0.15, 0.2) is 0 Å². The first-order valence-electron chi connectivity index (χ1n) is 0.698. The molecule has 0 spiro atoms. The van der Waals surface area contributed by atoms with Gasteiger partial charge in [0.2, 0.25) is 0 Å². The molecule has 0 aromatic rings. The average molecular weight is 142 g/mol. The third-order valence-electron chi connectivity index (χ3n) is 0. The van der Waals surface area contributed by atoms with E-state index in [-0.39, 0.29) is 23.5 Å². The monoisotopic (exact) mass is 142 g/mol. The lowest BCUT2D eigenvalue weighted by Crippen LogP contribution is -1.89. The van der Waals surface area contributed by atoms with Crippen LogP contribution in [0.1, 0.15) is 0 Å². The largest absolute Gasteiger partial charge is 0.394 e.